The van der Waals surface area contributed by atoms with Crippen molar-refractivity contribution in [2.45, 2.75) is 39.4 Å². The molecule has 1 N–H and O–H groups in total. The van der Waals surface area contributed by atoms with Crippen LogP contribution in [0, 0.1) is 18.3 Å². The van der Waals surface area contributed by atoms with Crippen molar-refractivity contribution in [3.05, 3.63) is 65.0 Å². The molecule has 0 bridgehead atoms. The Morgan fingerprint density at radius 1 is 1.22 bits per heavy atom. The van der Waals surface area contributed by atoms with Gasteiger partial charge in [-0.15, -0.1) is 0 Å². The molecule has 1 atom stereocenters. The van der Waals surface area contributed by atoms with Crippen molar-refractivity contribution in [2.75, 3.05) is 7.11 Å². The van der Waals surface area contributed by atoms with E-state index in [-0.39, 0.29) is 0 Å². The lowest BCUT2D eigenvalue weighted by Crippen LogP contribution is -2.26. The molecule has 1 unspecified atom stereocenters. The van der Waals surface area contributed by atoms with E-state index < -0.39 is 17.8 Å². The number of hydrogen-bond acceptors (Lipinski definition) is 6. The standard InChI is InChI=1S/C25H24N2O5/c1-14-10-19(30-5)21(17-8-9-27(22(14)17)24(29)32-25(2,3)4)23(28)20-12-16-7-6-15(13-26)11-18(16)31-20/h6-12,23,28H,1-5H3. The maximum atomic E-state index is 12.8. The molecule has 0 aliphatic heterocycles. The van der Waals surface area contributed by atoms with E-state index in [0.717, 1.165) is 10.9 Å². The molecule has 2 heterocycles. The smallest absolute Gasteiger partial charge is 0.419 e. The summed E-state index contributed by atoms with van der Waals surface area (Å²) >= 11 is 0. The monoisotopic (exact) mass is 432 g/mol. The Morgan fingerprint density at radius 3 is 2.62 bits per heavy atom. The van der Waals surface area contributed by atoms with Crippen LogP contribution in [0.2, 0.25) is 0 Å². The summed E-state index contributed by atoms with van der Waals surface area (Å²) in [7, 11) is 1.53. The van der Waals surface area contributed by atoms with Crippen molar-refractivity contribution in [1.82, 2.24) is 4.57 Å². The normalized spacial score (nSPS) is 12.7. The van der Waals surface area contributed by atoms with Crippen molar-refractivity contribution in [3.63, 3.8) is 0 Å². The molecule has 0 radical (unpaired) electrons. The van der Waals surface area contributed by atoms with E-state index in [1.54, 1.807) is 63.4 Å². The number of methoxy groups -OCH3 is 1. The number of aryl methyl sites for hydroxylation is 1. The Hall–Kier alpha value is -3.76. The van der Waals surface area contributed by atoms with E-state index >= 15 is 0 Å². The fraction of sp³-hybridized carbons (Fsp3) is 0.280. The quantitative estimate of drug-likeness (QED) is 0.463. The van der Waals surface area contributed by atoms with Gasteiger partial charge >= 0.3 is 6.09 Å². The number of aliphatic hydroxyl groups excluding tert-OH is 1. The number of rotatable bonds is 3. The number of aliphatic hydroxyl groups is 1. The highest BCUT2D eigenvalue weighted by Crippen LogP contribution is 2.40. The lowest BCUT2D eigenvalue weighted by atomic mass is 9.98. The van der Waals surface area contributed by atoms with Gasteiger partial charge < -0.3 is 19.0 Å². The first kappa shape index (κ1) is 21.5. The molecule has 32 heavy (non-hydrogen) atoms. The van der Waals surface area contributed by atoms with Gasteiger partial charge in [0.1, 0.15) is 28.8 Å². The van der Waals surface area contributed by atoms with Gasteiger partial charge in [0.2, 0.25) is 0 Å². The van der Waals surface area contributed by atoms with Crippen LogP contribution in [-0.2, 0) is 4.74 Å². The number of ether oxygens (including phenoxy) is 2. The SMILES string of the molecule is COc1cc(C)c2c(ccn2C(=O)OC(C)(C)C)c1C(O)c1cc2ccc(C#N)cc2o1. The van der Waals surface area contributed by atoms with Crippen LogP contribution in [0.25, 0.3) is 21.9 Å². The number of carbonyl (C=O) groups excluding carboxylic acids is 1. The molecule has 4 aromatic rings. The summed E-state index contributed by atoms with van der Waals surface area (Å²) in [5.74, 6) is 0.783. The van der Waals surface area contributed by atoms with Gasteiger partial charge in [-0.1, -0.05) is 0 Å². The minimum atomic E-state index is -1.15. The van der Waals surface area contributed by atoms with E-state index in [1.807, 2.05) is 6.92 Å². The lowest BCUT2D eigenvalue weighted by Gasteiger charge is -2.21. The van der Waals surface area contributed by atoms with E-state index in [0.29, 0.717) is 39.1 Å². The van der Waals surface area contributed by atoms with E-state index in [1.165, 1.54) is 11.7 Å². The molecule has 0 aliphatic carbocycles. The Labute approximate surface area is 185 Å². The van der Waals surface area contributed by atoms with Crippen LogP contribution in [0.1, 0.15) is 49.3 Å². The Kier molecular flexibility index (Phi) is 5.19. The molecule has 2 aromatic heterocycles. The Bertz CT molecular complexity index is 1380. The van der Waals surface area contributed by atoms with Gasteiger partial charge in [-0.25, -0.2) is 4.79 Å². The number of aromatic nitrogens is 1. The highest BCUT2D eigenvalue weighted by Gasteiger charge is 2.27. The molecule has 0 amide bonds. The summed E-state index contributed by atoms with van der Waals surface area (Å²) in [6.07, 6.45) is -0.0337. The molecule has 0 saturated carbocycles. The predicted octanol–water partition coefficient (Wildman–Crippen LogP) is 5.44. The van der Waals surface area contributed by atoms with Crippen molar-refractivity contribution >= 4 is 28.0 Å². The van der Waals surface area contributed by atoms with Crippen LogP contribution in [0.4, 0.5) is 4.79 Å². The van der Waals surface area contributed by atoms with Gasteiger partial charge in [0.05, 0.1) is 24.3 Å². The molecular formula is C25H24N2O5. The summed E-state index contributed by atoms with van der Waals surface area (Å²) in [4.78, 5) is 12.8. The minimum Gasteiger partial charge on any atom is -0.496 e. The molecule has 0 aliphatic rings. The first-order chi connectivity index (χ1) is 15.1. The van der Waals surface area contributed by atoms with E-state index in [4.69, 9.17) is 19.2 Å². The number of carbonyl (C=O) groups is 1. The summed E-state index contributed by atoms with van der Waals surface area (Å²) in [6.45, 7) is 7.29. The van der Waals surface area contributed by atoms with Crippen LogP contribution < -0.4 is 4.74 Å². The third-order valence-electron chi connectivity index (χ3n) is 5.18. The van der Waals surface area contributed by atoms with Crippen LogP contribution in [0.5, 0.6) is 5.75 Å². The molecule has 4 rings (SSSR count). The fourth-order valence-corrected chi connectivity index (χ4v) is 3.84. The third kappa shape index (κ3) is 3.70. The van der Waals surface area contributed by atoms with Crippen molar-refractivity contribution in [3.8, 4) is 11.8 Å². The fourth-order valence-electron chi connectivity index (χ4n) is 3.84. The lowest BCUT2D eigenvalue weighted by molar-refractivity contribution is 0.0544. The topological polar surface area (TPSA) is 97.6 Å². The number of hydrogen-bond donors (Lipinski definition) is 1. The first-order valence-corrected chi connectivity index (χ1v) is 10.2. The molecule has 0 fully saturated rings. The van der Waals surface area contributed by atoms with Gasteiger partial charge in [-0.05, 0) is 69.7 Å². The molecule has 7 nitrogen and oxygen atoms in total. The zero-order valence-electron chi connectivity index (χ0n) is 18.6. The highest BCUT2D eigenvalue weighted by molar-refractivity contribution is 5.95. The Morgan fingerprint density at radius 2 is 1.97 bits per heavy atom. The number of nitrogens with zero attached hydrogens (tertiary/aromatic N) is 2. The van der Waals surface area contributed by atoms with Crippen LogP contribution in [-0.4, -0.2) is 28.5 Å². The van der Waals surface area contributed by atoms with Gasteiger partial charge in [-0.3, -0.25) is 4.57 Å². The second-order valence-corrected chi connectivity index (χ2v) is 8.65. The van der Waals surface area contributed by atoms with Crippen LogP contribution >= 0.6 is 0 Å². The maximum Gasteiger partial charge on any atom is 0.419 e. The van der Waals surface area contributed by atoms with Crippen molar-refractivity contribution in [1.29, 1.82) is 5.26 Å². The number of furan rings is 1. The van der Waals surface area contributed by atoms with Crippen molar-refractivity contribution < 1.29 is 23.8 Å². The molecule has 0 saturated heterocycles. The summed E-state index contributed by atoms with van der Waals surface area (Å²) in [5, 5.41) is 21.8. The second kappa shape index (κ2) is 7.74. The number of fused-ring (bicyclic) bond motifs is 2. The first-order valence-electron chi connectivity index (χ1n) is 10.2. The van der Waals surface area contributed by atoms with Gasteiger partial charge in [0, 0.05) is 22.5 Å². The maximum absolute atomic E-state index is 12.8. The van der Waals surface area contributed by atoms with E-state index in [9.17, 15) is 9.90 Å². The molecule has 2 aromatic carbocycles. The average Bonchev–Trinajstić information content (AvgIpc) is 3.36. The highest BCUT2D eigenvalue weighted by atomic mass is 16.6. The zero-order chi connectivity index (χ0) is 23.2. The summed E-state index contributed by atoms with van der Waals surface area (Å²) < 4.78 is 18.4. The summed E-state index contributed by atoms with van der Waals surface area (Å²) in [6, 6.07) is 12.4. The minimum absolute atomic E-state index is 0.309. The molecule has 0 spiro atoms. The van der Waals surface area contributed by atoms with Crippen LogP contribution in [0.15, 0.2) is 47.0 Å². The van der Waals surface area contributed by atoms with Crippen LogP contribution in [0.3, 0.4) is 0 Å². The second-order valence-electron chi connectivity index (χ2n) is 8.65. The van der Waals surface area contributed by atoms with Crippen molar-refractivity contribution in [2.24, 2.45) is 0 Å². The average molecular weight is 432 g/mol. The zero-order valence-corrected chi connectivity index (χ0v) is 18.6. The Balaban J connectivity index is 1.87. The van der Waals surface area contributed by atoms with Gasteiger partial charge in [0.15, 0.2) is 0 Å². The van der Waals surface area contributed by atoms with E-state index in [2.05, 4.69) is 6.07 Å². The van der Waals surface area contributed by atoms with Gasteiger partial charge in [0.25, 0.3) is 0 Å². The van der Waals surface area contributed by atoms with Gasteiger partial charge in [-0.2, -0.15) is 5.26 Å². The number of nitriles is 1. The predicted molar refractivity (Wildman–Crippen MR) is 120 cm³/mol. The number of benzene rings is 2. The molecule has 164 valence electrons. The molecule has 7 heteroatoms. The summed E-state index contributed by atoms with van der Waals surface area (Å²) in [5.41, 5.74) is 2.23. The third-order valence-corrected chi connectivity index (χ3v) is 5.18. The molecular weight excluding hydrogens is 408 g/mol. The largest absolute Gasteiger partial charge is 0.496 e.